The Morgan fingerprint density at radius 1 is 1.12 bits per heavy atom. The van der Waals surface area contributed by atoms with Crippen molar-refractivity contribution in [1.29, 1.82) is 0 Å². The van der Waals surface area contributed by atoms with E-state index in [9.17, 15) is 22.7 Å². The van der Waals surface area contributed by atoms with Crippen LogP contribution in [0.1, 0.15) is 16.7 Å². The molecule has 0 amide bonds. The number of carboxylic acid groups (broad SMARTS) is 1. The summed E-state index contributed by atoms with van der Waals surface area (Å²) in [7, 11) is -3.88. The van der Waals surface area contributed by atoms with Crippen molar-refractivity contribution in [2.75, 3.05) is 10.6 Å². The lowest BCUT2D eigenvalue weighted by Gasteiger charge is -2.29. The Balaban J connectivity index is 2.47. The minimum Gasteiger partial charge on any atom is -0.480 e. The summed E-state index contributed by atoms with van der Waals surface area (Å²) in [5.74, 6) is -1.80. The molecule has 25 heavy (non-hydrogen) atoms. The molecule has 2 aromatic rings. The fourth-order valence-corrected chi connectivity index (χ4v) is 3.75. The van der Waals surface area contributed by atoms with E-state index in [-0.39, 0.29) is 12.1 Å². The summed E-state index contributed by atoms with van der Waals surface area (Å²) in [4.78, 5) is 11.8. The molecule has 0 radical (unpaired) electrons. The molecule has 0 spiro atoms. The molecule has 1 atom stereocenters. The quantitative estimate of drug-likeness (QED) is 0.854. The first kappa shape index (κ1) is 18.9. The third-order valence-electron chi connectivity index (χ3n) is 4.01. The lowest BCUT2D eigenvalue weighted by Crippen LogP contribution is -2.46. The maximum absolute atomic E-state index is 13.2. The van der Waals surface area contributed by atoms with Gasteiger partial charge >= 0.3 is 5.97 Å². The number of aryl methyl sites for hydroxylation is 2. The van der Waals surface area contributed by atoms with Gasteiger partial charge in [-0.3, -0.25) is 4.31 Å². The minimum atomic E-state index is -3.88. The van der Waals surface area contributed by atoms with Crippen LogP contribution >= 0.6 is 0 Å². The SMILES string of the molecule is Cc1ccc(C[C@@H](C(=O)O)N(c2ccc(F)cc2)S(C)(=O)=O)cc1C. The second-order valence-electron chi connectivity index (χ2n) is 6.01. The molecule has 0 bridgehead atoms. The molecular formula is C18H20FNO4S. The van der Waals surface area contributed by atoms with Gasteiger partial charge in [-0.2, -0.15) is 0 Å². The summed E-state index contributed by atoms with van der Waals surface area (Å²) in [5, 5.41) is 9.63. The van der Waals surface area contributed by atoms with E-state index in [2.05, 4.69) is 0 Å². The van der Waals surface area contributed by atoms with E-state index in [1.54, 1.807) is 6.07 Å². The van der Waals surface area contributed by atoms with Gasteiger partial charge < -0.3 is 5.11 Å². The molecule has 0 unspecified atom stereocenters. The number of sulfonamides is 1. The molecule has 2 rings (SSSR count). The number of rotatable bonds is 6. The summed E-state index contributed by atoms with van der Waals surface area (Å²) in [6, 6.07) is 8.87. The van der Waals surface area contributed by atoms with E-state index < -0.39 is 27.9 Å². The largest absolute Gasteiger partial charge is 0.480 e. The zero-order valence-electron chi connectivity index (χ0n) is 14.2. The Morgan fingerprint density at radius 2 is 1.72 bits per heavy atom. The number of carbonyl (C=O) groups is 1. The molecule has 0 aromatic heterocycles. The minimum absolute atomic E-state index is 0.000893. The number of nitrogens with zero attached hydrogens (tertiary/aromatic N) is 1. The van der Waals surface area contributed by atoms with E-state index in [1.165, 1.54) is 12.1 Å². The monoisotopic (exact) mass is 365 g/mol. The average molecular weight is 365 g/mol. The number of hydrogen-bond acceptors (Lipinski definition) is 3. The predicted octanol–water partition coefficient (Wildman–Crippen LogP) is 2.90. The van der Waals surface area contributed by atoms with Gasteiger partial charge in [-0.05, 0) is 54.8 Å². The van der Waals surface area contributed by atoms with Crippen molar-refractivity contribution in [3.63, 3.8) is 0 Å². The highest BCUT2D eigenvalue weighted by Crippen LogP contribution is 2.24. The Labute approximate surface area is 146 Å². The van der Waals surface area contributed by atoms with E-state index >= 15 is 0 Å². The van der Waals surface area contributed by atoms with E-state index in [1.807, 2.05) is 26.0 Å². The van der Waals surface area contributed by atoms with Crippen LogP contribution in [0.25, 0.3) is 0 Å². The fraction of sp³-hybridized carbons (Fsp3) is 0.278. The van der Waals surface area contributed by atoms with Crippen molar-refractivity contribution in [3.8, 4) is 0 Å². The number of benzene rings is 2. The third kappa shape index (κ3) is 4.57. The standard InChI is InChI=1S/C18H20FNO4S/c1-12-4-5-14(10-13(12)2)11-17(18(21)22)20(25(3,23)24)16-8-6-15(19)7-9-16/h4-10,17H,11H2,1-3H3,(H,21,22)/t17-/m0/s1. The molecule has 2 aromatic carbocycles. The number of carboxylic acids is 1. The van der Waals surface area contributed by atoms with Crippen molar-refractivity contribution in [2.45, 2.75) is 26.3 Å². The van der Waals surface area contributed by atoms with E-state index in [0.29, 0.717) is 5.56 Å². The van der Waals surface area contributed by atoms with Crippen LogP contribution in [0.2, 0.25) is 0 Å². The van der Waals surface area contributed by atoms with Gasteiger partial charge in [0.05, 0.1) is 11.9 Å². The molecule has 0 aliphatic carbocycles. The molecule has 0 fully saturated rings. The molecule has 0 aliphatic heterocycles. The molecule has 7 heteroatoms. The van der Waals surface area contributed by atoms with Gasteiger partial charge in [-0.15, -0.1) is 0 Å². The second kappa shape index (κ2) is 7.23. The summed E-state index contributed by atoms with van der Waals surface area (Å²) in [5.41, 5.74) is 2.88. The first-order chi connectivity index (χ1) is 11.6. The molecule has 0 saturated heterocycles. The van der Waals surface area contributed by atoms with Crippen LogP contribution in [-0.2, 0) is 21.2 Å². The summed E-state index contributed by atoms with van der Waals surface area (Å²) < 4.78 is 38.5. The summed E-state index contributed by atoms with van der Waals surface area (Å²) in [6.07, 6.45) is 0.938. The van der Waals surface area contributed by atoms with Crippen LogP contribution in [0.15, 0.2) is 42.5 Å². The molecule has 5 nitrogen and oxygen atoms in total. The molecule has 134 valence electrons. The Morgan fingerprint density at radius 3 is 2.20 bits per heavy atom. The van der Waals surface area contributed by atoms with Crippen LogP contribution in [0.5, 0.6) is 0 Å². The van der Waals surface area contributed by atoms with Gasteiger partial charge in [0.15, 0.2) is 0 Å². The summed E-state index contributed by atoms with van der Waals surface area (Å²) >= 11 is 0. The first-order valence-corrected chi connectivity index (χ1v) is 9.48. The maximum atomic E-state index is 13.2. The summed E-state index contributed by atoms with van der Waals surface area (Å²) in [6.45, 7) is 3.85. The zero-order chi connectivity index (χ0) is 18.8. The fourth-order valence-electron chi connectivity index (χ4n) is 2.61. The molecule has 0 heterocycles. The predicted molar refractivity (Wildman–Crippen MR) is 94.8 cm³/mol. The second-order valence-corrected chi connectivity index (χ2v) is 7.87. The van der Waals surface area contributed by atoms with Gasteiger partial charge in [0.2, 0.25) is 10.0 Å². The van der Waals surface area contributed by atoms with Crippen molar-refractivity contribution in [2.24, 2.45) is 0 Å². The topological polar surface area (TPSA) is 74.7 Å². The smallest absolute Gasteiger partial charge is 0.327 e. The van der Waals surface area contributed by atoms with Gasteiger partial charge in [0, 0.05) is 6.42 Å². The van der Waals surface area contributed by atoms with Gasteiger partial charge in [0.1, 0.15) is 11.9 Å². The normalized spacial score (nSPS) is 12.6. The van der Waals surface area contributed by atoms with Crippen molar-refractivity contribution < 1.29 is 22.7 Å². The average Bonchev–Trinajstić information content (AvgIpc) is 2.50. The number of aliphatic carboxylic acids is 1. The Kier molecular flexibility index (Phi) is 5.47. The van der Waals surface area contributed by atoms with Gasteiger partial charge in [-0.25, -0.2) is 17.6 Å². The highest BCUT2D eigenvalue weighted by molar-refractivity contribution is 7.92. The van der Waals surface area contributed by atoms with Crippen LogP contribution in [0.4, 0.5) is 10.1 Å². The van der Waals surface area contributed by atoms with Gasteiger partial charge in [-0.1, -0.05) is 18.2 Å². The Bertz CT molecular complexity index is 878. The molecule has 0 saturated carbocycles. The molecular weight excluding hydrogens is 345 g/mol. The van der Waals surface area contributed by atoms with E-state index in [4.69, 9.17) is 0 Å². The van der Waals surface area contributed by atoms with Crippen LogP contribution < -0.4 is 4.31 Å². The maximum Gasteiger partial charge on any atom is 0.327 e. The van der Waals surface area contributed by atoms with E-state index in [0.717, 1.165) is 33.8 Å². The molecule has 0 aliphatic rings. The zero-order valence-corrected chi connectivity index (χ0v) is 15.0. The first-order valence-electron chi connectivity index (χ1n) is 7.63. The lowest BCUT2D eigenvalue weighted by molar-refractivity contribution is -0.138. The number of halogens is 1. The van der Waals surface area contributed by atoms with Crippen LogP contribution in [0, 0.1) is 19.7 Å². The van der Waals surface area contributed by atoms with Crippen molar-refractivity contribution >= 4 is 21.7 Å². The third-order valence-corrected chi connectivity index (χ3v) is 5.19. The Hall–Kier alpha value is -2.41. The highest BCUT2D eigenvalue weighted by atomic mass is 32.2. The molecule has 1 N–H and O–H groups in total. The van der Waals surface area contributed by atoms with Crippen LogP contribution in [0.3, 0.4) is 0 Å². The number of hydrogen-bond donors (Lipinski definition) is 1. The van der Waals surface area contributed by atoms with Gasteiger partial charge in [0.25, 0.3) is 0 Å². The van der Waals surface area contributed by atoms with Crippen molar-refractivity contribution in [3.05, 3.63) is 65.0 Å². The lowest BCUT2D eigenvalue weighted by atomic mass is 10.0. The number of anilines is 1. The van der Waals surface area contributed by atoms with Crippen molar-refractivity contribution in [1.82, 2.24) is 0 Å². The highest BCUT2D eigenvalue weighted by Gasteiger charge is 2.33. The van der Waals surface area contributed by atoms with Crippen LogP contribution in [-0.4, -0.2) is 31.8 Å².